The minimum atomic E-state index is -0.310. The third-order valence-electron chi connectivity index (χ3n) is 9.88. The number of aliphatic hydroxyl groups is 2. The van der Waals surface area contributed by atoms with Crippen molar-refractivity contribution in [2.75, 3.05) is 6.61 Å². The molecule has 5 rings (SSSR count). The molecule has 2 N–H and O–H groups in total. The molecule has 4 nitrogen and oxygen atoms in total. The summed E-state index contributed by atoms with van der Waals surface area (Å²) in [6.45, 7) is 5.16. The van der Waals surface area contributed by atoms with Crippen LogP contribution in [0.1, 0.15) is 65.2 Å². The summed E-state index contributed by atoms with van der Waals surface area (Å²) < 4.78 is 5.20. The summed E-state index contributed by atoms with van der Waals surface area (Å²) >= 11 is 0. The van der Waals surface area contributed by atoms with Crippen molar-refractivity contribution in [2.45, 2.75) is 77.4 Å². The van der Waals surface area contributed by atoms with Crippen LogP contribution in [0.4, 0.5) is 0 Å². The third kappa shape index (κ3) is 2.45. The standard InChI is InChI=1S/C23H34O4/c1-22-8-7-15(24)10-14(22)3-4-16-18-6-5-17(13-9-21(26)27-12-13)23(18,2)20(25)11-19(16)22/h9,14-20,24-25H,3-8,10-12H2,1-2H3/t14-,15+,16+,17-,18+,19+,20?,22+,23-/m1/s1. The van der Waals surface area contributed by atoms with Crippen molar-refractivity contribution < 1.29 is 19.7 Å². The van der Waals surface area contributed by atoms with Gasteiger partial charge in [-0.15, -0.1) is 0 Å². The molecule has 0 spiro atoms. The van der Waals surface area contributed by atoms with E-state index in [0.29, 0.717) is 30.3 Å². The van der Waals surface area contributed by atoms with Crippen LogP contribution in [0.25, 0.3) is 0 Å². The van der Waals surface area contributed by atoms with Crippen molar-refractivity contribution in [1.82, 2.24) is 0 Å². The Morgan fingerprint density at radius 3 is 2.59 bits per heavy atom. The summed E-state index contributed by atoms with van der Waals surface area (Å²) in [4.78, 5) is 11.6. The summed E-state index contributed by atoms with van der Waals surface area (Å²) in [6, 6.07) is 0. The van der Waals surface area contributed by atoms with Gasteiger partial charge < -0.3 is 14.9 Å². The number of hydrogen-bond donors (Lipinski definition) is 2. The normalized spacial score (nSPS) is 54.6. The maximum absolute atomic E-state index is 11.6. The highest BCUT2D eigenvalue weighted by atomic mass is 16.5. The average molecular weight is 375 g/mol. The first kappa shape index (κ1) is 18.2. The lowest BCUT2D eigenvalue weighted by molar-refractivity contribution is -0.168. The molecule has 0 saturated heterocycles. The molecular weight excluding hydrogens is 340 g/mol. The first-order chi connectivity index (χ1) is 12.8. The number of ether oxygens (including phenoxy) is 1. The van der Waals surface area contributed by atoms with Crippen molar-refractivity contribution in [3.8, 4) is 0 Å². The van der Waals surface area contributed by atoms with Gasteiger partial charge in [0, 0.05) is 11.5 Å². The van der Waals surface area contributed by atoms with E-state index >= 15 is 0 Å². The molecule has 5 aliphatic rings. The first-order valence-electron chi connectivity index (χ1n) is 11.1. The van der Waals surface area contributed by atoms with Crippen molar-refractivity contribution in [3.63, 3.8) is 0 Å². The Bertz CT molecular complexity index is 671. The number of fused-ring (bicyclic) bond motifs is 5. The zero-order valence-corrected chi connectivity index (χ0v) is 16.7. The number of hydrogen-bond acceptors (Lipinski definition) is 4. The zero-order chi connectivity index (χ0) is 19.0. The number of rotatable bonds is 1. The van der Waals surface area contributed by atoms with Gasteiger partial charge in [-0.1, -0.05) is 13.8 Å². The monoisotopic (exact) mass is 374 g/mol. The van der Waals surface area contributed by atoms with Crippen LogP contribution in [0.5, 0.6) is 0 Å². The van der Waals surface area contributed by atoms with Gasteiger partial charge in [0.15, 0.2) is 0 Å². The van der Waals surface area contributed by atoms with E-state index in [2.05, 4.69) is 13.8 Å². The van der Waals surface area contributed by atoms with Crippen molar-refractivity contribution in [1.29, 1.82) is 0 Å². The second kappa shape index (κ2) is 6.06. The van der Waals surface area contributed by atoms with E-state index in [-0.39, 0.29) is 34.9 Å². The van der Waals surface area contributed by atoms with E-state index in [1.54, 1.807) is 6.08 Å². The van der Waals surface area contributed by atoms with Crippen LogP contribution in [-0.4, -0.2) is 35.0 Å². The number of cyclic esters (lactones) is 1. The highest BCUT2D eigenvalue weighted by Gasteiger charge is 2.63. The van der Waals surface area contributed by atoms with Gasteiger partial charge in [-0.2, -0.15) is 0 Å². The second-order valence-corrected chi connectivity index (χ2v) is 10.7. The van der Waals surface area contributed by atoms with Gasteiger partial charge >= 0.3 is 5.97 Å². The average Bonchev–Trinajstić information content (AvgIpc) is 3.20. The third-order valence-corrected chi connectivity index (χ3v) is 9.88. The van der Waals surface area contributed by atoms with Gasteiger partial charge in [0.05, 0.1) is 12.2 Å². The summed E-state index contributed by atoms with van der Waals surface area (Å²) in [5.41, 5.74) is 1.26. The lowest BCUT2D eigenvalue weighted by Gasteiger charge is -2.62. The molecule has 4 heteroatoms. The molecule has 0 aromatic carbocycles. The first-order valence-corrected chi connectivity index (χ1v) is 11.1. The van der Waals surface area contributed by atoms with E-state index in [1.807, 2.05) is 0 Å². The topological polar surface area (TPSA) is 66.8 Å². The predicted molar refractivity (Wildman–Crippen MR) is 102 cm³/mol. The Labute approximate surface area is 162 Å². The lowest BCUT2D eigenvalue weighted by Crippen LogP contribution is -2.58. The fourth-order valence-corrected chi connectivity index (χ4v) is 8.39. The van der Waals surface area contributed by atoms with Crippen LogP contribution in [0, 0.1) is 40.4 Å². The van der Waals surface area contributed by atoms with E-state index in [0.717, 1.165) is 44.1 Å². The zero-order valence-electron chi connectivity index (χ0n) is 16.7. The Kier molecular flexibility index (Phi) is 4.08. The molecule has 150 valence electrons. The van der Waals surface area contributed by atoms with Gasteiger partial charge in [-0.3, -0.25) is 0 Å². The largest absolute Gasteiger partial charge is 0.458 e. The molecule has 0 bridgehead atoms. The summed E-state index contributed by atoms with van der Waals surface area (Å²) in [5, 5.41) is 21.6. The molecular formula is C23H34O4. The SMILES string of the molecule is C[C@]12CC[C@H](O)C[C@H]1CC[C@@H]1[C@@H]2CC(O)[C@]2(C)[C@@H](C3=CC(=O)OC3)CC[C@@H]12. The van der Waals surface area contributed by atoms with Crippen LogP contribution < -0.4 is 0 Å². The predicted octanol–water partition coefficient (Wildman–Crippen LogP) is 3.46. The van der Waals surface area contributed by atoms with Gasteiger partial charge in [0.25, 0.3) is 0 Å². The Balaban J connectivity index is 1.46. The van der Waals surface area contributed by atoms with Crippen LogP contribution in [0.2, 0.25) is 0 Å². The minimum absolute atomic E-state index is 0.124. The summed E-state index contributed by atoms with van der Waals surface area (Å²) in [6.07, 6.45) is 9.83. The van der Waals surface area contributed by atoms with Crippen molar-refractivity contribution in [3.05, 3.63) is 11.6 Å². The number of carbonyl (C=O) groups is 1. The number of esters is 1. The molecule has 0 radical (unpaired) electrons. The maximum atomic E-state index is 11.6. The molecule has 1 heterocycles. The molecule has 9 atom stereocenters. The quantitative estimate of drug-likeness (QED) is 0.690. The summed E-state index contributed by atoms with van der Waals surface area (Å²) in [7, 11) is 0. The molecule has 4 saturated carbocycles. The highest BCUT2D eigenvalue weighted by molar-refractivity contribution is 5.85. The van der Waals surface area contributed by atoms with Crippen molar-refractivity contribution >= 4 is 5.97 Å². The summed E-state index contributed by atoms with van der Waals surface area (Å²) in [5.74, 6) is 2.47. The van der Waals surface area contributed by atoms with Crippen LogP contribution in [-0.2, 0) is 9.53 Å². The van der Waals surface area contributed by atoms with Crippen molar-refractivity contribution in [2.24, 2.45) is 40.4 Å². The van der Waals surface area contributed by atoms with Gasteiger partial charge in [-0.25, -0.2) is 4.79 Å². The Morgan fingerprint density at radius 2 is 1.85 bits per heavy atom. The Hall–Kier alpha value is -0.870. The minimum Gasteiger partial charge on any atom is -0.458 e. The maximum Gasteiger partial charge on any atom is 0.331 e. The van der Waals surface area contributed by atoms with Gasteiger partial charge in [0.2, 0.25) is 0 Å². The van der Waals surface area contributed by atoms with Gasteiger partial charge in [0.1, 0.15) is 6.61 Å². The molecule has 1 aliphatic heterocycles. The number of aliphatic hydroxyl groups excluding tert-OH is 2. The number of carbonyl (C=O) groups excluding carboxylic acids is 1. The molecule has 0 aromatic heterocycles. The smallest absolute Gasteiger partial charge is 0.331 e. The Morgan fingerprint density at radius 1 is 1.04 bits per heavy atom. The fraction of sp³-hybridized carbons (Fsp3) is 0.870. The van der Waals surface area contributed by atoms with Gasteiger partial charge in [-0.05, 0) is 91.9 Å². The van der Waals surface area contributed by atoms with E-state index in [4.69, 9.17) is 4.74 Å². The molecule has 27 heavy (non-hydrogen) atoms. The van der Waals surface area contributed by atoms with Crippen LogP contribution in [0.3, 0.4) is 0 Å². The molecule has 0 amide bonds. The molecule has 1 unspecified atom stereocenters. The van der Waals surface area contributed by atoms with E-state index in [9.17, 15) is 15.0 Å². The molecule has 4 aliphatic carbocycles. The van der Waals surface area contributed by atoms with Crippen LogP contribution >= 0.6 is 0 Å². The fourth-order valence-electron chi connectivity index (χ4n) is 8.39. The molecule has 0 aromatic rings. The second-order valence-electron chi connectivity index (χ2n) is 10.7. The van der Waals surface area contributed by atoms with Crippen LogP contribution in [0.15, 0.2) is 11.6 Å². The molecule has 4 fully saturated rings. The highest BCUT2D eigenvalue weighted by Crippen LogP contribution is 2.68. The van der Waals surface area contributed by atoms with E-state index in [1.165, 1.54) is 12.8 Å². The van der Waals surface area contributed by atoms with E-state index < -0.39 is 0 Å². The lowest BCUT2D eigenvalue weighted by atomic mass is 9.44.